The van der Waals surface area contributed by atoms with E-state index in [1.807, 2.05) is 0 Å². The molecule has 0 aliphatic heterocycles. The van der Waals surface area contributed by atoms with Crippen LogP contribution in [0.5, 0.6) is 0 Å². The number of nitrogens with zero attached hydrogens (tertiary/aromatic N) is 1. The van der Waals surface area contributed by atoms with E-state index in [1.165, 1.54) is 64.5 Å². The number of hydrogen-bond donors (Lipinski definition) is 1. The third-order valence-corrected chi connectivity index (χ3v) is 6.10. The van der Waals surface area contributed by atoms with Gasteiger partial charge >= 0.3 is 0 Å². The fourth-order valence-electron chi connectivity index (χ4n) is 4.31. The predicted molar refractivity (Wildman–Crippen MR) is 92.4 cm³/mol. The fraction of sp³-hybridized carbons (Fsp3) is 1.00. The van der Waals surface area contributed by atoms with Crippen molar-refractivity contribution in [2.24, 2.45) is 23.0 Å². The lowest BCUT2D eigenvalue weighted by atomic mass is 9.76. The average molecular weight is 295 g/mol. The Kier molecular flexibility index (Phi) is 5.76. The summed E-state index contributed by atoms with van der Waals surface area (Å²) in [6.45, 7) is 13.0. The highest BCUT2D eigenvalue weighted by Gasteiger charge is 2.40. The second-order valence-electron chi connectivity index (χ2n) is 8.81. The SMILES string of the molecule is CCCN(CC1CC1)C1(CN)CCCC(C(C)(C)C)CC1. The minimum atomic E-state index is 0.304. The van der Waals surface area contributed by atoms with Crippen LogP contribution >= 0.6 is 0 Å². The number of rotatable bonds is 6. The van der Waals surface area contributed by atoms with Crippen LogP contribution in [0.15, 0.2) is 0 Å². The molecule has 0 bridgehead atoms. The van der Waals surface area contributed by atoms with Gasteiger partial charge in [0.2, 0.25) is 0 Å². The van der Waals surface area contributed by atoms with Crippen molar-refractivity contribution in [2.45, 2.75) is 84.6 Å². The molecule has 2 atom stereocenters. The molecule has 0 spiro atoms. The van der Waals surface area contributed by atoms with E-state index < -0.39 is 0 Å². The van der Waals surface area contributed by atoms with Crippen molar-refractivity contribution >= 4 is 0 Å². The van der Waals surface area contributed by atoms with E-state index in [9.17, 15) is 0 Å². The van der Waals surface area contributed by atoms with Gasteiger partial charge in [0, 0.05) is 18.6 Å². The lowest BCUT2D eigenvalue weighted by Gasteiger charge is -2.44. The molecule has 2 aliphatic carbocycles. The highest BCUT2D eigenvalue weighted by atomic mass is 15.2. The molecule has 0 aromatic carbocycles. The van der Waals surface area contributed by atoms with E-state index in [0.29, 0.717) is 11.0 Å². The molecule has 2 unspecified atom stereocenters. The second kappa shape index (κ2) is 7.00. The first-order valence-corrected chi connectivity index (χ1v) is 9.36. The van der Waals surface area contributed by atoms with Crippen LogP contribution in [0.2, 0.25) is 0 Å². The van der Waals surface area contributed by atoms with Gasteiger partial charge in [-0.15, -0.1) is 0 Å². The van der Waals surface area contributed by atoms with Crippen LogP contribution in [0, 0.1) is 17.3 Å². The van der Waals surface area contributed by atoms with Crippen molar-refractivity contribution in [3.8, 4) is 0 Å². The summed E-state index contributed by atoms with van der Waals surface area (Å²) in [5, 5.41) is 0. The van der Waals surface area contributed by atoms with Crippen molar-refractivity contribution < 1.29 is 0 Å². The first-order valence-electron chi connectivity index (χ1n) is 9.36. The normalized spacial score (nSPS) is 31.4. The van der Waals surface area contributed by atoms with E-state index in [0.717, 1.165) is 18.4 Å². The van der Waals surface area contributed by atoms with Crippen LogP contribution in [0.3, 0.4) is 0 Å². The van der Waals surface area contributed by atoms with Crippen LogP contribution in [-0.2, 0) is 0 Å². The Morgan fingerprint density at radius 3 is 2.33 bits per heavy atom. The van der Waals surface area contributed by atoms with Crippen molar-refractivity contribution in [1.29, 1.82) is 0 Å². The Labute approximate surface area is 132 Å². The molecule has 2 saturated carbocycles. The maximum absolute atomic E-state index is 6.35. The molecule has 2 rings (SSSR count). The molecule has 2 nitrogen and oxygen atoms in total. The molecule has 2 aliphatic rings. The molecule has 2 heteroatoms. The van der Waals surface area contributed by atoms with Gasteiger partial charge in [-0.1, -0.05) is 34.1 Å². The largest absolute Gasteiger partial charge is 0.329 e. The van der Waals surface area contributed by atoms with Crippen LogP contribution in [0.25, 0.3) is 0 Å². The molecule has 21 heavy (non-hydrogen) atoms. The zero-order valence-corrected chi connectivity index (χ0v) is 15.0. The van der Waals surface area contributed by atoms with Gasteiger partial charge in [-0.25, -0.2) is 0 Å². The first-order chi connectivity index (χ1) is 9.91. The maximum atomic E-state index is 6.35. The summed E-state index contributed by atoms with van der Waals surface area (Å²) in [6.07, 6.45) is 10.9. The molecule has 0 saturated heterocycles. The van der Waals surface area contributed by atoms with Crippen LogP contribution in [0.1, 0.15) is 79.1 Å². The molecular formula is C19H38N2. The third-order valence-electron chi connectivity index (χ3n) is 6.10. The van der Waals surface area contributed by atoms with E-state index in [2.05, 4.69) is 32.6 Å². The summed E-state index contributed by atoms with van der Waals surface area (Å²) in [4.78, 5) is 2.80. The van der Waals surface area contributed by atoms with Gasteiger partial charge in [0.1, 0.15) is 0 Å². The van der Waals surface area contributed by atoms with Gasteiger partial charge < -0.3 is 5.73 Å². The summed E-state index contributed by atoms with van der Waals surface area (Å²) in [5.41, 5.74) is 7.11. The van der Waals surface area contributed by atoms with E-state index >= 15 is 0 Å². The number of hydrogen-bond acceptors (Lipinski definition) is 2. The van der Waals surface area contributed by atoms with Crippen LogP contribution < -0.4 is 5.73 Å². The fourth-order valence-corrected chi connectivity index (χ4v) is 4.31. The molecule has 0 amide bonds. The first kappa shape index (κ1) is 17.3. The van der Waals surface area contributed by atoms with E-state index in [4.69, 9.17) is 5.73 Å². The Bertz CT molecular complexity index is 316. The Balaban J connectivity index is 2.07. The molecule has 0 radical (unpaired) electrons. The molecule has 0 heterocycles. The average Bonchev–Trinajstić information content (AvgIpc) is 3.23. The standard InChI is InChI=1S/C19H38N2/c1-5-13-21(14-16-8-9-16)19(15-20)11-6-7-17(10-12-19)18(2,3)4/h16-17H,5-15,20H2,1-4H3. The minimum absolute atomic E-state index is 0.304. The molecule has 0 aromatic rings. The molecule has 0 aromatic heterocycles. The van der Waals surface area contributed by atoms with Crippen molar-refractivity contribution in [3.05, 3.63) is 0 Å². The van der Waals surface area contributed by atoms with Crippen molar-refractivity contribution in [2.75, 3.05) is 19.6 Å². The zero-order valence-electron chi connectivity index (χ0n) is 15.0. The lowest BCUT2D eigenvalue weighted by Crippen LogP contribution is -2.54. The predicted octanol–water partition coefficient (Wildman–Crippen LogP) is 4.43. The van der Waals surface area contributed by atoms with Gasteiger partial charge in [-0.3, -0.25) is 4.90 Å². The van der Waals surface area contributed by atoms with Crippen LogP contribution in [0.4, 0.5) is 0 Å². The monoisotopic (exact) mass is 294 g/mol. The van der Waals surface area contributed by atoms with Crippen molar-refractivity contribution in [3.63, 3.8) is 0 Å². The second-order valence-corrected chi connectivity index (χ2v) is 8.81. The summed E-state index contributed by atoms with van der Waals surface area (Å²) in [7, 11) is 0. The van der Waals surface area contributed by atoms with E-state index in [-0.39, 0.29) is 0 Å². The smallest absolute Gasteiger partial charge is 0.0331 e. The van der Waals surface area contributed by atoms with Gasteiger partial charge in [0.25, 0.3) is 0 Å². The van der Waals surface area contributed by atoms with Gasteiger partial charge in [0.05, 0.1) is 0 Å². The number of nitrogens with two attached hydrogens (primary N) is 1. The Morgan fingerprint density at radius 2 is 1.81 bits per heavy atom. The zero-order chi connectivity index (χ0) is 15.5. The highest BCUT2D eigenvalue weighted by Crippen LogP contribution is 2.42. The quantitative estimate of drug-likeness (QED) is 0.734. The molecule has 2 N–H and O–H groups in total. The summed E-state index contributed by atoms with van der Waals surface area (Å²) < 4.78 is 0. The van der Waals surface area contributed by atoms with Crippen LogP contribution in [-0.4, -0.2) is 30.1 Å². The molecular weight excluding hydrogens is 256 g/mol. The van der Waals surface area contributed by atoms with E-state index in [1.54, 1.807) is 0 Å². The maximum Gasteiger partial charge on any atom is 0.0331 e. The van der Waals surface area contributed by atoms with Crippen molar-refractivity contribution in [1.82, 2.24) is 4.90 Å². The topological polar surface area (TPSA) is 29.3 Å². The third kappa shape index (κ3) is 4.45. The lowest BCUT2D eigenvalue weighted by molar-refractivity contribution is 0.0693. The Morgan fingerprint density at radius 1 is 1.10 bits per heavy atom. The summed E-state index contributed by atoms with van der Waals surface area (Å²) >= 11 is 0. The molecule has 2 fully saturated rings. The Hall–Kier alpha value is -0.0800. The minimum Gasteiger partial charge on any atom is -0.329 e. The highest BCUT2D eigenvalue weighted by molar-refractivity contribution is 4.97. The van der Waals surface area contributed by atoms with Gasteiger partial charge in [-0.05, 0) is 68.7 Å². The summed E-state index contributed by atoms with van der Waals surface area (Å²) in [5.74, 6) is 1.84. The van der Waals surface area contributed by atoms with Gasteiger partial charge in [0.15, 0.2) is 0 Å². The molecule has 124 valence electrons. The van der Waals surface area contributed by atoms with Gasteiger partial charge in [-0.2, -0.15) is 0 Å². The summed E-state index contributed by atoms with van der Waals surface area (Å²) in [6, 6.07) is 0.